The van der Waals surface area contributed by atoms with Crippen molar-refractivity contribution in [1.82, 2.24) is 0 Å². The number of rotatable bonds is 7. The van der Waals surface area contributed by atoms with Crippen LogP contribution in [0.15, 0.2) is 165 Å². The first kappa shape index (κ1) is 23.3. The zero-order valence-electron chi connectivity index (χ0n) is 19.7. The number of aryl methyl sites for hydroxylation is 1. The van der Waals surface area contributed by atoms with Crippen molar-refractivity contribution in [1.29, 1.82) is 0 Å². The van der Waals surface area contributed by atoms with Crippen LogP contribution in [0.3, 0.4) is 0 Å². The van der Waals surface area contributed by atoms with Crippen LogP contribution in [0, 0.1) is 6.92 Å². The summed E-state index contributed by atoms with van der Waals surface area (Å²) in [7, 11) is -0.183. The van der Waals surface area contributed by atoms with E-state index in [1.165, 1.54) is 30.0 Å². The first-order valence-corrected chi connectivity index (χ1v) is 13.7. The van der Waals surface area contributed by atoms with Gasteiger partial charge in [0.15, 0.2) is 14.7 Å². The molecule has 35 heavy (non-hydrogen) atoms. The monoisotopic (exact) mass is 487 g/mol. The fourth-order valence-electron chi connectivity index (χ4n) is 3.95. The Kier molecular flexibility index (Phi) is 7.23. The average molecular weight is 488 g/mol. The lowest BCUT2D eigenvalue weighted by Crippen LogP contribution is -2.05. The van der Waals surface area contributed by atoms with Gasteiger partial charge in [-0.25, -0.2) is 0 Å². The maximum Gasteiger partial charge on any atom is 0.166 e. The van der Waals surface area contributed by atoms with Gasteiger partial charge in [0.2, 0.25) is 0 Å². The maximum atomic E-state index is 4.34. The highest BCUT2D eigenvalue weighted by molar-refractivity contribution is 7.99. The van der Waals surface area contributed by atoms with E-state index in [-0.39, 0.29) is 10.9 Å². The van der Waals surface area contributed by atoms with Gasteiger partial charge < -0.3 is 0 Å². The number of benzene rings is 5. The first-order valence-electron chi connectivity index (χ1n) is 11.7. The second-order valence-corrected chi connectivity index (χ2v) is 11.5. The van der Waals surface area contributed by atoms with Crippen molar-refractivity contribution in [2.45, 2.75) is 31.4 Å². The van der Waals surface area contributed by atoms with Gasteiger partial charge in [-0.2, -0.15) is 0 Å². The van der Waals surface area contributed by atoms with Gasteiger partial charge in [0.05, 0.1) is 10.9 Å². The van der Waals surface area contributed by atoms with Crippen LogP contribution >= 0.6 is 11.8 Å². The van der Waals surface area contributed by atoms with Gasteiger partial charge in [0, 0.05) is 9.79 Å². The highest BCUT2D eigenvalue weighted by Gasteiger charge is 2.28. The molecule has 0 amide bonds. The van der Waals surface area contributed by atoms with E-state index >= 15 is 0 Å². The highest BCUT2D eigenvalue weighted by atomic mass is 32.2. The van der Waals surface area contributed by atoms with Crippen LogP contribution in [0.4, 0.5) is 0 Å². The summed E-state index contributed by atoms with van der Waals surface area (Å²) in [5, 5.41) is 0. The first-order chi connectivity index (χ1) is 17.2. The molecule has 0 aliphatic carbocycles. The lowest BCUT2D eigenvalue weighted by molar-refractivity contribution is 1.27. The summed E-state index contributed by atoms with van der Waals surface area (Å²) in [6.45, 7) is 6.48. The van der Waals surface area contributed by atoms with Gasteiger partial charge in [-0.1, -0.05) is 84.6 Å². The average Bonchev–Trinajstić information content (AvgIpc) is 2.92. The number of hydrogen-bond acceptors (Lipinski definition) is 1. The molecule has 0 aromatic heterocycles. The van der Waals surface area contributed by atoms with Crippen LogP contribution < -0.4 is 0 Å². The van der Waals surface area contributed by atoms with Gasteiger partial charge in [0.25, 0.3) is 0 Å². The molecule has 170 valence electrons. The molecule has 5 aromatic rings. The maximum absolute atomic E-state index is 4.34. The summed E-state index contributed by atoms with van der Waals surface area (Å²) in [5.41, 5.74) is 4.64. The molecule has 0 radical (unpaired) electrons. The second kappa shape index (κ2) is 10.9. The SMILES string of the molecule is C=C(c1ccccc1)c1ccc([S+](c2ccc(C)cc2)c2ccc(Sc3ccccc3)cc2)cc1. The van der Waals surface area contributed by atoms with Crippen LogP contribution in [-0.2, 0) is 10.9 Å². The predicted molar refractivity (Wildman–Crippen MR) is 151 cm³/mol. The minimum atomic E-state index is -0.183. The van der Waals surface area contributed by atoms with E-state index in [9.17, 15) is 0 Å². The molecule has 0 fully saturated rings. The summed E-state index contributed by atoms with van der Waals surface area (Å²) < 4.78 is 0. The third kappa shape index (κ3) is 5.62. The van der Waals surface area contributed by atoms with E-state index in [2.05, 4.69) is 141 Å². The molecule has 0 spiro atoms. The Bertz CT molecular complexity index is 1390. The molecule has 0 heterocycles. The summed E-state index contributed by atoms with van der Waals surface area (Å²) in [6.07, 6.45) is 0. The Labute approximate surface area is 215 Å². The minimum absolute atomic E-state index is 0.183. The van der Waals surface area contributed by atoms with Crippen molar-refractivity contribution in [3.8, 4) is 0 Å². The third-order valence-electron chi connectivity index (χ3n) is 5.86. The molecule has 0 N–H and O–H groups in total. The number of hydrogen-bond donors (Lipinski definition) is 0. The summed E-state index contributed by atoms with van der Waals surface area (Å²) >= 11 is 1.80. The molecule has 0 aliphatic rings. The molecule has 5 aromatic carbocycles. The Hall–Kier alpha value is -3.46. The largest absolute Gasteiger partial charge is 0.166 e. The Morgan fingerprint density at radius 3 is 1.51 bits per heavy atom. The fourth-order valence-corrected chi connectivity index (χ4v) is 6.83. The zero-order chi connectivity index (χ0) is 24.0. The summed E-state index contributed by atoms with van der Waals surface area (Å²) in [6, 6.07) is 47.9. The Balaban J connectivity index is 1.46. The van der Waals surface area contributed by atoms with Crippen molar-refractivity contribution in [3.05, 3.63) is 157 Å². The van der Waals surface area contributed by atoms with E-state index in [4.69, 9.17) is 0 Å². The van der Waals surface area contributed by atoms with Crippen LogP contribution in [-0.4, -0.2) is 0 Å². The molecule has 0 aliphatic heterocycles. The normalized spacial score (nSPS) is 11.7. The van der Waals surface area contributed by atoms with Gasteiger partial charge in [-0.05, 0) is 96.4 Å². The van der Waals surface area contributed by atoms with Crippen LogP contribution in [0.5, 0.6) is 0 Å². The molecular weight excluding hydrogens is 460 g/mol. The molecule has 0 nitrogen and oxygen atoms in total. The van der Waals surface area contributed by atoms with E-state index in [0.717, 1.165) is 16.7 Å². The molecule has 1 atom stereocenters. The van der Waals surface area contributed by atoms with Crippen LogP contribution in [0.1, 0.15) is 16.7 Å². The highest BCUT2D eigenvalue weighted by Crippen LogP contribution is 2.35. The molecule has 0 saturated carbocycles. The van der Waals surface area contributed by atoms with Crippen LogP contribution in [0.25, 0.3) is 5.57 Å². The molecular formula is C33H27S2+. The topological polar surface area (TPSA) is 0 Å². The van der Waals surface area contributed by atoms with Gasteiger partial charge >= 0.3 is 0 Å². The Morgan fingerprint density at radius 1 is 0.514 bits per heavy atom. The van der Waals surface area contributed by atoms with Crippen molar-refractivity contribution in [3.63, 3.8) is 0 Å². The Morgan fingerprint density at radius 2 is 0.943 bits per heavy atom. The summed E-state index contributed by atoms with van der Waals surface area (Å²) in [4.78, 5) is 6.46. The predicted octanol–water partition coefficient (Wildman–Crippen LogP) is 9.30. The second-order valence-electron chi connectivity index (χ2n) is 8.37. The van der Waals surface area contributed by atoms with E-state index in [1.54, 1.807) is 11.8 Å². The lowest BCUT2D eigenvalue weighted by atomic mass is 10.00. The van der Waals surface area contributed by atoms with Crippen LogP contribution in [0.2, 0.25) is 0 Å². The molecule has 1 unspecified atom stereocenters. The van der Waals surface area contributed by atoms with Gasteiger partial charge in [-0.15, -0.1) is 0 Å². The van der Waals surface area contributed by atoms with Crippen molar-refractivity contribution >= 4 is 28.2 Å². The van der Waals surface area contributed by atoms with E-state index in [0.29, 0.717) is 0 Å². The van der Waals surface area contributed by atoms with Gasteiger partial charge in [-0.3, -0.25) is 0 Å². The smallest absolute Gasteiger partial charge is 0.0906 e. The minimum Gasteiger partial charge on any atom is -0.0906 e. The van der Waals surface area contributed by atoms with Crippen molar-refractivity contribution in [2.75, 3.05) is 0 Å². The zero-order valence-corrected chi connectivity index (χ0v) is 21.4. The van der Waals surface area contributed by atoms with Crippen molar-refractivity contribution < 1.29 is 0 Å². The summed E-state index contributed by atoms with van der Waals surface area (Å²) in [5.74, 6) is 0. The van der Waals surface area contributed by atoms with E-state index < -0.39 is 0 Å². The standard InChI is InChI=1S/C33H27S2/c1-25-13-19-31(20-14-25)35(33-23-17-30(18-24-33)34-29-11-7-4-8-12-29)32-21-15-28(16-22-32)26(2)27-9-5-3-6-10-27/h3-24H,2H2,1H3/q+1. The fraction of sp³-hybridized carbons (Fsp3) is 0.0303. The third-order valence-corrected chi connectivity index (χ3v) is 9.10. The molecule has 5 rings (SSSR count). The quantitative estimate of drug-likeness (QED) is 0.206. The van der Waals surface area contributed by atoms with Gasteiger partial charge in [0.1, 0.15) is 0 Å². The molecule has 2 heteroatoms. The lowest BCUT2D eigenvalue weighted by Gasteiger charge is -2.11. The van der Waals surface area contributed by atoms with E-state index in [1.807, 2.05) is 6.07 Å². The molecule has 0 bridgehead atoms. The van der Waals surface area contributed by atoms with Crippen molar-refractivity contribution in [2.24, 2.45) is 0 Å². The molecule has 0 saturated heterocycles.